The zero-order chi connectivity index (χ0) is 15.9. The van der Waals surface area contributed by atoms with Gasteiger partial charge in [-0.1, -0.05) is 30.3 Å². The van der Waals surface area contributed by atoms with Crippen LogP contribution in [0.5, 0.6) is 11.5 Å². The van der Waals surface area contributed by atoms with E-state index in [1.165, 1.54) is 0 Å². The smallest absolute Gasteiger partial charge is 0.250 e. The van der Waals surface area contributed by atoms with Crippen molar-refractivity contribution >= 4 is 17.7 Å². The quantitative estimate of drug-likeness (QED) is 0.794. The van der Waals surface area contributed by atoms with Gasteiger partial charge in [-0.05, 0) is 11.6 Å². The van der Waals surface area contributed by atoms with Crippen LogP contribution >= 0.6 is 0 Å². The maximum Gasteiger partial charge on any atom is 0.250 e. The van der Waals surface area contributed by atoms with E-state index in [1.807, 2.05) is 30.3 Å². The molecule has 0 atom stereocenters. The molecule has 2 aromatic rings. The van der Waals surface area contributed by atoms with Crippen LogP contribution < -0.4 is 14.4 Å². The monoisotopic (exact) mass is 297 g/mol. The second-order valence-electron chi connectivity index (χ2n) is 4.71. The van der Waals surface area contributed by atoms with Crippen molar-refractivity contribution in [2.45, 2.75) is 0 Å². The molecule has 0 unspecified atom stereocenters. The van der Waals surface area contributed by atoms with Gasteiger partial charge in [-0.3, -0.25) is 4.79 Å². The Hall–Kier alpha value is -2.75. The maximum atomic E-state index is 12.3. The number of anilines is 1. The molecular weight excluding hydrogens is 278 g/mol. The molecule has 2 aromatic carbocycles. The highest BCUT2D eigenvalue weighted by molar-refractivity contribution is 6.03. The fourth-order valence-corrected chi connectivity index (χ4v) is 1.96. The number of rotatable bonds is 5. The Bertz CT molecular complexity index is 643. The fraction of sp³-hybridized carbons (Fsp3) is 0.167. The van der Waals surface area contributed by atoms with Crippen LogP contribution in [0.3, 0.4) is 0 Å². The second kappa shape index (κ2) is 7.31. The van der Waals surface area contributed by atoms with Crippen LogP contribution in [0.4, 0.5) is 5.69 Å². The van der Waals surface area contributed by atoms with Crippen LogP contribution in [0.2, 0.25) is 0 Å². The number of likely N-dealkylation sites (N-methyl/N-ethyl adjacent to an activating group) is 1. The van der Waals surface area contributed by atoms with Crippen LogP contribution in [0.25, 0.3) is 6.08 Å². The van der Waals surface area contributed by atoms with Crippen molar-refractivity contribution in [3.05, 3.63) is 60.2 Å². The maximum absolute atomic E-state index is 12.3. The van der Waals surface area contributed by atoms with E-state index < -0.39 is 0 Å². The number of benzene rings is 2. The minimum atomic E-state index is -0.126. The first-order valence-electron chi connectivity index (χ1n) is 6.88. The lowest BCUT2D eigenvalue weighted by Gasteiger charge is -2.17. The molecule has 2 rings (SSSR count). The van der Waals surface area contributed by atoms with Crippen LogP contribution in [-0.2, 0) is 4.79 Å². The Balaban J connectivity index is 2.18. The summed E-state index contributed by atoms with van der Waals surface area (Å²) in [5, 5.41) is 0. The van der Waals surface area contributed by atoms with Gasteiger partial charge in [0.2, 0.25) is 0 Å². The molecule has 0 aliphatic carbocycles. The van der Waals surface area contributed by atoms with Crippen molar-refractivity contribution in [3.8, 4) is 11.5 Å². The summed E-state index contributed by atoms with van der Waals surface area (Å²) in [6, 6.07) is 15.0. The first-order valence-corrected chi connectivity index (χ1v) is 6.88. The minimum absolute atomic E-state index is 0.126. The number of carbonyl (C=O) groups excluding carboxylic acids is 1. The van der Waals surface area contributed by atoms with Gasteiger partial charge in [0.15, 0.2) is 0 Å². The molecular formula is C18H19NO3. The topological polar surface area (TPSA) is 38.8 Å². The summed E-state index contributed by atoms with van der Waals surface area (Å²) in [6.45, 7) is 0. The molecule has 4 nitrogen and oxygen atoms in total. The van der Waals surface area contributed by atoms with Crippen LogP contribution in [-0.4, -0.2) is 27.2 Å². The van der Waals surface area contributed by atoms with Gasteiger partial charge in [-0.2, -0.15) is 0 Å². The summed E-state index contributed by atoms with van der Waals surface area (Å²) in [7, 11) is 4.87. The molecule has 0 bridgehead atoms. The molecule has 0 fully saturated rings. The van der Waals surface area contributed by atoms with Crippen LogP contribution in [0.15, 0.2) is 54.6 Å². The molecule has 22 heavy (non-hydrogen) atoms. The van der Waals surface area contributed by atoms with Gasteiger partial charge in [0.1, 0.15) is 11.5 Å². The average Bonchev–Trinajstić information content (AvgIpc) is 2.59. The van der Waals surface area contributed by atoms with Crippen molar-refractivity contribution in [2.24, 2.45) is 0 Å². The van der Waals surface area contributed by atoms with Gasteiger partial charge in [0, 0.05) is 31.3 Å². The number of ether oxygens (including phenoxy) is 2. The molecule has 114 valence electrons. The van der Waals surface area contributed by atoms with E-state index in [1.54, 1.807) is 56.5 Å². The van der Waals surface area contributed by atoms with Crippen molar-refractivity contribution in [1.82, 2.24) is 0 Å². The van der Waals surface area contributed by atoms with E-state index in [9.17, 15) is 4.79 Å². The lowest BCUT2D eigenvalue weighted by molar-refractivity contribution is -0.113. The Morgan fingerprint density at radius 2 is 1.59 bits per heavy atom. The molecule has 0 heterocycles. The van der Waals surface area contributed by atoms with Gasteiger partial charge in [-0.15, -0.1) is 0 Å². The van der Waals surface area contributed by atoms with Crippen LogP contribution in [0, 0.1) is 0 Å². The van der Waals surface area contributed by atoms with E-state index >= 15 is 0 Å². The Labute approximate surface area is 130 Å². The number of amides is 1. The summed E-state index contributed by atoms with van der Waals surface area (Å²) < 4.78 is 10.4. The van der Waals surface area contributed by atoms with Gasteiger partial charge in [0.05, 0.1) is 19.9 Å². The molecule has 0 radical (unpaired) electrons. The number of hydrogen-bond donors (Lipinski definition) is 0. The predicted molar refractivity (Wildman–Crippen MR) is 88.4 cm³/mol. The largest absolute Gasteiger partial charge is 0.497 e. The molecule has 0 spiro atoms. The third-order valence-corrected chi connectivity index (χ3v) is 3.27. The van der Waals surface area contributed by atoms with Gasteiger partial charge < -0.3 is 14.4 Å². The number of hydrogen-bond acceptors (Lipinski definition) is 3. The van der Waals surface area contributed by atoms with Gasteiger partial charge in [-0.25, -0.2) is 0 Å². The Kier molecular flexibility index (Phi) is 5.20. The first kappa shape index (κ1) is 15.6. The molecule has 0 aromatic heterocycles. The molecule has 0 N–H and O–H groups in total. The van der Waals surface area contributed by atoms with Crippen molar-refractivity contribution < 1.29 is 14.3 Å². The highest BCUT2D eigenvalue weighted by Gasteiger charge is 2.11. The number of methoxy groups -OCH3 is 2. The van der Waals surface area contributed by atoms with E-state index in [0.29, 0.717) is 17.2 Å². The normalized spacial score (nSPS) is 10.5. The summed E-state index contributed by atoms with van der Waals surface area (Å²) in [4.78, 5) is 13.8. The molecule has 0 aliphatic rings. The van der Waals surface area contributed by atoms with E-state index in [-0.39, 0.29) is 5.91 Å². The lowest BCUT2D eigenvalue weighted by Crippen LogP contribution is -2.23. The third-order valence-electron chi connectivity index (χ3n) is 3.27. The number of carbonyl (C=O) groups is 1. The fourth-order valence-electron chi connectivity index (χ4n) is 1.96. The summed E-state index contributed by atoms with van der Waals surface area (Å²) in [5.41, 5.74) is 1.69. The molecule has 0 saturated carbocycles. The van der Waals surface area contributed by atoms with Crippen molar-refractivity contribution in [1.29, 1.82) is 0 Å². The number of nitrogens with zero attached hydrogens (tertiary/aromatic N) is 1. The Morgan fingerprint density at radius 3 is 2.14 bits per heavy atom. The predicted octanol–water partition coefficient (Wildman–Crippen LogP) is 3.38. The Morgan fingerprint density at radius 1 is 1.00 bits per heavy atom. The SMILES string of the molecule is COc1cc(OC)cc(N(C)C(=O)/C=C/c2ccccc2)c1. The zero-order valence-corrected chi connectivity index (χ0v) is 12.9. The third kappa shape index (κ3) is 3.88. The first-order chi connectivity index (χ1) is 10.6. The second-order valence-corrected chi connectivity index (χ2v) is 4.71. The van der Waals surface area contributed by atoms with Gasteiger partial charge in [0.25, 0.3) is 5.91 Å². The molecule has 4 heteroatoms. The summed E-state index contributed by atoms with van der Waals surface area (Å²) >= 11 is 0. The average molecular weight is 297 g/mol. The van der Waals surface area contributed by atoms with E-state index in [4.69, 9.17) is 9.47 Å². The van der Waals surface area contributed by atoms with Crippen molar-refractivity contribution in [2.75, 3.05) is 26.2 Å². The van der Waals surface area contributed by atoms with Gasteiger partial charge >= 0.3 is 0 Å². The highest BCUT2D eigenvalue weighted by atomic mass is 16.5. The standard InChI is InChI=1S/C18H19NO3/c1-19(15-11-16(21-2)13-17(12-15)22-3)18(20)10-9-14-7-5-4-6-8-14/h4-13H,1-3H3/b10-9+. The lowest BCUT2D eigenvalue weighted by atomic mass is 10.2. The summed E-state index contributed by atoms with van der Waals surface area (Å²) in [5.74, 6) is 1.15. The molecule has 0 aliphatic heterocycles. The molecule has 1 amide bonds. The molecule has 0 saturated heterocycles. The van der Waals surface area contributed by atoms with E-state index in [2.05, 4.69) is 0 Å². The summed E-state index contributed by atoms with van der Waals surface area (Å²) in [6.07, 6.45) is 3.33. The van der Waals surface area contributed by atoms with Crippen molar-refractivity contribution in [3.63, 3.8) is 0 Å². The minimum Gasteiger partial charge on any atom is -0.497 e. The van der Waals surface area contributed by atoms with E-state index in [0.717, 1.165) is 5.56 Å². The zero-order valence-electron chi connectivity index (χ0n) is 12.9. The van der Waals surface area contributed by atoms with Crippen LogP contribution in [0.1, 0.15) is 5.56 Å². The highest BCUT2D eigenvalue weighted by Crippen LogP contribution is 2.28.